The van der Waals surface area contributed by atoms with Gasteiger partial charge >= 0.3 is 0 Å². The van der Waals surface area contributed by atoms with E-state index in [1.165, 1.54) is 11.3 Å². The molecule has 1 N–H and O–H groups in total. The Kier molecular flexibility index (Phi) is 3.81. The first kappa shape index (κ1) is 12.8. The SMILES string of the molecule is C/C=C/CCNC(=O)c1cc2c(C)nn(C)c2s1. The van der Waals surface area contributed by atoms with Crippen LogP contribution < -0.4 is 5.32 Å². The summed E-state index contributed by atoms with van der Waals surface area (Å²) in [6.45, 7) is 4.61. The first-order chi connectivity index (χ1) is 8.63. The summed E-state index contributed by atoms with van der Waals surface area (Å²) in [6, 6.07) is 1.92. The van der Waals surface area contributed by atoms with E-state index >= 15 is 0 Å². The van der Waals surface area contributed by atoms with Crippen molar-refractivity contribution in [2.45, 2.75) is 20.3 Å². The molecule has 2 rings (SSSR count). The molecule has 0 spiro atoms. The lowest BCUT2D eigenvalue weighted by atomic mass is 10.3. The average molecular weight is 263 g/mol. The van der Waals surface area contributed by atoms with Crippen LogP contribution in [0.25, 0.3) is 10.2 Å². The van der Waals surface area contributed by atoms with Crippen LogP contribution in [0, 0.1) is 6.92 Å². The van der Waals surface area contributed by atoms with Crippen molar-refractivity contribution in [2.75, 3.05) is 6.54 Å². The zero-order valence-electron chi connectivity index (χ0n) is 10.9. The molecule has 2 aromatic heterocycles. The summed E-state index contributed by atoms with van der Waals surface area (Å²) in [4.78, 5) is 13.7. The van der Waals surface area contributed by atoms with Gasteiger partial charge in [0.15, 0.2) is 0 Å². The lowest BCUT2D eigenvalue weighted by molar-refractivity contribution is 0.0958. The van der Waals surface area contributed by atoms with Crippen LogP contribution in [0.4, 0.5) is 0 Å². The zero-order chi connectivity index (χ0) is 13.1. The number of aromatic nitrogens is 2. The molecule has 18 heavy (non-hydrogen) atoms. The molecule has 4 nitrogen and oxygen atoms in total. The molecule has 0 fully saturated rings. The number of allylic oxidation sites excluding steroid dienone is 1. The highest BCUT2D eigenvalue weighted by Gasteiger charge is 2.14. The van der Waals surface area contributed by atoms with Gasteiger partial charge in [-0.05, 0) is 26.3 Å². The summed E-state index contributed by atoms with van der Waals surface area (Å²) in [5.74, 6) is 0.0000954. The molecular weight excluding hydrogens is 246 g/mol. The van der Waals surface area contributed by atoms with Crippen LogP contribution in [0.5, 0.6) is 0 Å². The molecule has 2 heterocycles. The van der Waals surface area contributed by atoms with Crippen LogP contribution in [0.2, 0.25) is 0 Å². The van der Waals surface area contributed by atoms with E-state index in [1.54, 1.807) is 0 Å². The number of carbonyl (C=O) groups is 1. The van der Waals surface area contributed by atoms with Crippen molar-refractivity contribution in [3.8, 4) is 0 Å². The quantitative estimate of drug-likeness (QED) is 0.681. The van der Waals surface area contributed by atoms with Gasteiger partial charge in [-0.15, -0.1) is 11.3 Å². The maximum atomic E-state index is 11.9. The molecule has 96 valence electrons. The minimum atomic E-state index is 0.0000954. The largest absolute Gasteiger partial charge is 0.351 e. The lowest BCUT2D eigenvalue weighted by Gasteiger charge is -2.00. The third-order valence-electron chi connectivity index (χ3n) is 2.75. The van der Waals surface area contributed by atoms with Gasteiger partial charge in [-0.2, -0.15) is 5.10 Å². The summed E-state index contributed by atoms with van der Waals surface area (Å²) in [5, 5.41) is 8.31. The van der Waals surface area contributed by atoms with E-state index < -0.39 is 0 Å². The molecule has 0 saturated heterocycles. The van der Waals surface area contributed by atoms with Crippen molar-refractivity contribution in [2.24, 2.45) is 7.05 Å². The maximum Gasteiger partial charge on any atom is 0.261 e. The number of amides is 1. The summed E-state index contributed by atoms with van der Waals surface area (Å²) in [7, 11) is 1.90. The van der Waals surface area contributed by atoms with Gasteiger partial charge in [-0.25, -0.2) is 0 Å². The molecule has 0 aliphatic heterocycles. The van der Waals surface area contributed by atoms with Crippen molar-refractivity contribution in [3.05, 3.63) is 28.8 Å². The Labute approximate surface area is 110 Å². The molecule has 0 radical (unpaired) electrons. The summed E-state index contributed by atoms with van der Waals surface area (Å²) in [5.41, 5.74) is 0.969. The Morgan fingerprint density at radius 2 is 2.39 bits per heavy atom. The topological polar surface area (TPSA) is 46.9 Å². The average Bonchev–Trinajstić information content (AvgIpc) is 2.88. The van der Waals surface area contributed by atoms with Crippen molar-refractivity contribution in [3.63, 3.8) is 0 Å². The van der Waals surface area contributed by atoms with E-state index in [1.807, 2.05) is 43.8 Å². The first-order valence-electron chi connectivity index (χ1n) is 5.96. The number of rotatable bonds is 4. The van der Waals surface area contributed by atoms with Gasteiger partial charge in [0.2, 0.25) is 0 Å². The molecule has 5 heteroatoms. The van der Waals surface area contributed by atoms with Gasteiger partial charge in [0.1, 0.15) is 4.83 Å². The van der Waals surface area contributed by atoms with Crippen LogP contribution in [-0.2, 0) is 7.05 Å². The first-order valence-corrected chi connectivity index (χ1v) is 6.77. The Hall–Kier alpha value is -1.62. The minimum Gasteiger partial charge on any atom is -0.351 e. The molecule has 0 atom stereocenters. The van der Waals surface area contributed by atoms with E-state index in [9.17, 15) is 4.79 Å². The summed E-state index contributed by atoms with van der Waals surface area (Å²) >= 11 is 1.49. The van der Waals surface area contributed by atoms with Crippen LogP contribution in [-0.4, -0.2) is 22.2 Å². The number of aryl methyl sites for hydroxylation is 2. The van der Waals surface area contributed by atoms with Crippen LogP contribution in [0.3, 0.4) is 0 Å². The Morgan fingerprint density at radius 1 is 1.61 bits per heavy atom. The molecule has 0 aliphatic carbocycles. The Balaban J connectivity index is 2.11. The number of hydrogen-bond donors (Lipinski definition) is 1. The number of fused-ring (bicyclic) bond motifs is 1. The van der Waals surface area contributed by atoms with Crippen molar-refractivity contribution < 1.29 is 4.79 Å². The Morgan fingerprint density at radius 3 is 3.06 bits per heavy atom. The second-order valence-corrected chi connectivity index (χ2v) is 5.18. The fourth-order valence-corrected chi connectivity index (χ4v) is 2.88. The normalized spacial score (nSPS) is 11.5. The molecule has 0 unspecified atom stereocenters. The van der Waals surface area contributed by atoms with Gasteiger partial charge in [0.05, 0.1) is 10.6 Å². The molecule has 1 amide bonds. The zero-order valence-corrected chi connectivity index (χ0v) is 11.7. The summed E-state index contributed by atoms with van der Waals surface area (Å²) in [6.07, 6.45) is 4.90. The predicted octanol–water partition coefficient (Wildman–Crippen LogP) is 2.64. The second-order valence-electron chi connectivity index (χ2n) is 4.15. The number of nitrogens with zero attached hydrogens (tertiary/aromatic N) is 2. The van der Waals surface area contributed by atoms with Crippen LogP contribution in [0.1, 0.15) is 28.7 Å². The van der Waals surface area contributed by atoms with Crippen LogP contribution in [0.15, 0.2) is 18.2 Å². The van der Waals surface area contributed by atoms with Gasteiger partial charge in [0.25, 0.3) is 5.91 Å². The number of thiophene rings is 1. The number of carbonyl (C=O) groups excluding carboxylic acids is 1. The van der Waals surface area contributed by atoms with E-state index in [2.05, 4.69) is 10.4 Å². The van der Waals surface area contributed by atoms with Crippen molar-refractivity contribution in [1.29, 1.82) is 0 Å². The fraction of sp³-hybridized carbons (Fsp3) is 0.385. The highest BCUT2D eigenvalue weighted by atomic mass is 32.1. The van der Waals surface area contributed by atoms with E-state index in [0.29, 0.717) is 6.54 Å². The second kappa shape index (κ2) is 5.35. The van der Waals surface area contributed by atoms with Crippen molar-refractivity contribution in [1.82, 2.24) is 15.1 Å². The van der Waals surface area contributed by atoms with Gasteiger partial charge in [0, 0.05) is 19.0 Å². The summed E-state index contributed by atoms with van der Waals surface area (Å²) < 4.78 is 1.83. The number of nitrogens with one attached hydrogen (secondary N) is 1. The number of hydrogen-bond acceptors (Lipinski definition) is 3. The fourth-order valence-electron chi connectivity index (χ4n) is 1.84. The third kappa shape index (κ3) is 2.46. The molecule has 2 aromatic rings. The van der Waals surface area contributed by atoms with Crippen molar-refractivity contribution >= 4 is 27.5 Å². The van der Waals surface area contributed by atoms with Gasteiger partial charge in [-0.3, -0.25) is 9.48 Å². The van der Waals surface area contributed by atoms with Gasteiger partial charge in [-0.1, -0.05) is 12.2 Å². The smallest absolute Gasteiger partial charge is 0.261 e. The highest BCUT2D eigenvalue weighted by Crippen LogP contribution is 2.27. The molecule has 0 aliphatic rings. The molecule has 0 saturated carbocycles. The van der Waals surface area contributed by atoms with E-state index in [4.69, 9.17) is 0 Å². The van der Waals surface area contributed by atoms with E-state index in [0.717, 1.165) is 27.2 Å². The predicted molar refractivity (Wildman–Crippen MR) is 75.1 cm³/mol. The lowest BCUT2D eigenvalue weighted by Crippen LogP contribution is -2.23. The third-order valence-corrected chi connectivity index (χ3v) is 3.95. The minimum absolute atomic E-state index is 0.0000954. The van der Waals surface area contributed by atoms with E-state index in [-0.39, 0.29) is 5.91 Å². The standard InChI is InChI=1S/C13H17N3OS/c1-4-5-6-7-14-12(17)11-8-10-9(2)15-16(3)13(10)18-11/h4-5,8H,6-7H2,1-3H3,(H,14,17)/b5-4+. The molecule has 0 aromatic carbocycles. The molecular formula is C13H17N3OS. The monoisotopic (exact) mass is 263 g/mol. The molecule has 0 bridgehead atoms. The van der Waals surface area contributed by atoms with Gasteiger partial charge < -0.3 is 5.32 Å². The maximum absolute atomic E-state index is 11.9. The van der Waals surface area contributed by atoms with Crippen LogP contribution >= 0.6 is 11.3 Å². The Bertz CT molecular complexity index is 560. The highest BCUT2D eigenvalue weighted by molar-refractivity contribution is 7.20.